The Labute approximate surface area is 180 Å². The van der Waals surface area contributed by atoms with Crippen molar-refractivity contribution >= 4 is 28.2 Å². The first-order valence-electron chi connectivity index (χ1n) is 10.4. The van der Waals surface area contributed by atoms with Gasteiger partial charge >= 0.3 is 0 Å². The van der Waals surface area contributed by atoms with Gasteiger partial charge in [0, 0.05) is 28.0 Å². The summed E-state index contributed by atoms with van der Waals surface area (Å²) in [6.45, 7) is 5.00. The zero-order chi connectivity index (χ0) is 20.7. The van der Waals surface area contributed by atoms with Gasteiger partial charge in [-0.1, -0.05) is 18.2 Å². The SMILES string of the molecule is C=C(Nc1ccc(Cl)cc1)C1COC12CCC(c1ccnc3ccc(F)cc13)CC2. The summed E-state index contributed by atoms with van der Waals surface area (Å²) in [5.74, 6) is 0.474. The van der Waals surface area contributed by atoms with Crippen LogP contribution in [0.25, 0.3) is 10.9 Å². The van der Waals surface area contributed by atoms with E-state index in [1.807, 2.05) is 36.5 Å². The fourth-order valence-electron chi connectivity index (χ4n) is 5.03. The number of nitrogens with one attached hydrogen (secondary N) is 1. The fraction of sp³-hybridized carbons (Fsp3) is 0.320. The minimum Gasteiger partial charge on any atom is -0.373 e. The molecule has 2 aliphatic rings. The molecule has 30 heavy (non-hydrogen) atoms. The average Bonchev–Trinajstić information content (AvgIpc) is 2.74. The molecule has 1 unspecified atom stereocenters. The summed E-state index contributed by atoms with van der Waals surface area (Å²) < 4.78 is 20.0. The van der Waals surface area contributed by atoms with Crippen molar-refractivity contribution in [3.63, 3.8) is 0 Å². The monoisotopic (exact) mass is 422 g/mol. The van der Waals surface area contributed by atoms with Crippen molar-refractivity contribution in [2.24, 2.45) is 5.92 Å². The Bertz CT molecular complexity index is 1090. The molecule has 3 aromatic rings. The first kappa shape index (κ1) is 19.5. The summed E-state index contributed by atoms with van der Waals surface area (Å²) in [5, 5.41) is 5.08. The molecule has 1 aromatic heterocycles. The molecule has 1 aliphatic carbocycles. The minimum absolute atomic E-state index is 0.138. The molecular formula is C25H24ClFN2O. The fourth-order valence-corrected chi connectivity index (χ4v) is 5.16. The molecule has 1 saturated heterocycles. The third kappa shape index (κ3) is 3.48. The number of aromatic nitrogens is 1. The molecule has 3 nitrogen and oxygen atoms in total. The molecular weight excluding hydrogens is 399 g/mol. The number of benzene rings is 2. The van der Waals surface area contributed by atoms with Gasteiger partial charge in [0.15, 0.2) is 0 Å². The summed E-state index contributed by atoms with van der Waals surface area (Å²) in [5.41, 5.74) is 3.90. The molecule has 2 fully saturated rings. The number of pyridine rings is 1. The zero-order valence-electron chi connectivity index (χ0n) is 16.7. The van der Waals surface area contributed by atoms with Crippen LogP contribution in [-0.4, -0.2) is 17.2 Å². The van der Waals surface area contributed by atoms with E-state index in [9.17, 15) is 4.39 Å². The van der Waals surface area contributed by atoms with Crippen LogP contribution in [0.4, 0.5) is 10.1 Å². The Morgan fingerprint density at radius 1 is 1.13 bits per heavy atom. The minimum atomic E-state index is -0.212. The highest BCUT2D eigenvalue weighted by molar-refractivity contribution is 6.30. The van der Waals surface area contributed by atoms with Gasteiger partial charge in [0.2, 0.25) is 0 Å². The number of anilines is 1. The topological polar surface area (TPSA) is 34.1 Å². The Morgan fingerprint density at radius 2 is 1.90 bits per heavy atom. The maximum Gasteiger partial charge on any atom is 0.123 e. The van der Waals surface area contributed by atoms with Gasteiger partial charge in [0.1, 0.15) is 5.82 Å². The molecule has 154 valence electrons. The van der Waals surface area contributed by atoms with Crippen molar-refractivity contribution in [1.29, 1.82) is 0 Å². The smallest absolute Gasteiger partial charge is 0.123 e. The quantitative estimate of drug-likeness (QED) is 0.508. The normalized spacial score (nSPS) is 25.8. The molecule has 0 amide bonds. The lowest BCUT2D eigenvalue weighted by atomic mass is 9.67. The van der Waals surface area contributed by atoms with Gasteiger partial charge in [0.05, 0.1) is 23.6 Å². The Balaban J connectivity index is 1.29. The molecule has 1 N–H and O–H groups in total. The zero-order valence-corrected chi connectivity index (χ0v) is 17.5. The van der Waals surface area contributed by atoms with Crippen LogP contribution in [-0.2, 0) is 4.74 Å². The lowest BCUT2D eigenvalue weighted by molar-refractivity contribution is -0.206. The number of ether oxygens (including phenoxy) is 1. The molecule has 5 rings (SSSR count). The molecule has 0 bridgehead atoms. The first-order chi connectivity index (χ1) is 14.5. The number of hydrogen-bond acceptors (Lipinski definition) is 3. The summed E-state index contributed by atoms with van der Waals surface area (Å²) in [4.78, 5) is 4.39. The van der Waals surface area contributed by atoms with E-state index in [-0.39, 0.29) is 11.4 Å². The average molecular weight is 423 g/mol. The van der Waals surface area contributed by atoms with E-state index < -0.39 is 0 Å². The highest BCUT2D eigenvalue weighted by Gasteiger charge is 2.51. The van der Waals surface area contributed by atoms with Crippen LogP contribution in [0.3, 0.4) is 0 Å². The summed E-state index contributed by atoms with van der Waals surface area (Å²) in [6.07, 6.45) is 5.81. The second-order valence-corrected chi connectivity index (χ2v) is 8.86. The van der Waals surface area contributed by atoms with Crippen LogP contribution < -0.4 is 5.32 Å². The maximum absolute atomic E-state index is 13.8. The van der Waals surface area contributed by atoms with E-state index in [0.29, 0.717) is 18.4 Å². The number of nitrogens with zero attached hydrogens (tertiary/aromatic N) is 1. The summed E-state index contributed by atoms with van der Waals surface area (Å²) in [7, 11) is 0. The van der Waals surface area contributed by atoms with Gasteiger partial charge in [-0.25, -0.2) is 4.39 Å². The maximum atomic E-state index is 13.8. The van der Waals surface area contributed by atoms with E-state index in [1.54, 1.807) is 12.1 Å². The van der Waals surface area contributed by atoms with Crippen LogP contribution in [0.5, 0.6) is 0 Å². The largest absolute Gasteiger partial charge is 0.373 e. The van der Waals surface area contributed by atoms with Gasteiger partial charge in [-0.05, 0) is 85.7 Å². The van der Waals surface area contributed by atoms with Gasteiger partial charge in [-0.2, -0.15) is 0 Å². The van der Waals surface area contributed by atoms with Crippen molar-refractivity contribution in [3.05, 3.63) is 83.4 Å². The third-order valence-electron chi connectivity index (χ3n) is 6.75. The standard InChI is InChI=1S/C25H24ClFN2O/c1-16(29-20-5-2-18(26)3-6-20)23-15-30-25(23)11-8-17(9-12-25)21-10-13-28-24-7-4-19(27)14-22(21)24/h2-7,10,13-14,17,23,29H,1,8-9,11-12,15H2. The summed E-state index contributed by atoms with van der Waals surface area (Å²) in [6, 6.07) is 14.6. The van der Waals surface area contributed by atoms with Crippen molar-refractivity contribution in [2.75, 3.05) is 11.9 Å². The van der Waals surface area contributed by atoms with Crippen molar-refractivity contribution < 1.29 is 9.13 Å². The van der Waals surface area contributed by atoms with Crippen LogP contribution in [0, 0.1) is 11.7 Å². The number of halogens is 2. The predicted octanol–water partition coefficient (Wildman–Crippen LogP) is 6.70. The predicted molar refractivity (Wildman–Crippen MR) is 119 cm³/mol. The van der Waals surface area contributed by atoms with Crippen LogP contribution in [0.2, 0.25) is 5.02 Å². The van der Waals surface area contributed by atoms with E-state index in [4.69, 9.17) is 16.3 Å². The molecule has 0 radical (unpaired) electrons. The van der Waals surface area contributed by atoms with Gasteiger partial charge in [-0.3, -0.25) is 4.98 Å². The van der Waals surface area contributed by atoms with E-state index in [0.717, 1.165) is 53.0 Å². The van der Waals surface area contributed by atoms with Crippen molar-refractivity contribution in [1.82, 2.24) is 4.98 Å². The molecule has 1 atom stereocenters. The second-order valence-electron chi connectivity index (χ2n) is 8.42. The Kier molecular flexibility index (Phi) is 5.00. The van der Waals surface area contributed by atoms with E-state index >= 15 is 0 Å². The Hall–Kier alpha value is -2.43. The molecule has 1 aliphatic heterocycles. The molecule has 2 aromatic carbocycles. The molecule has 1 saturated carbocycles. The van der Waals surface area contributed by atoms with Gasteiger partial charge in [0.25, 0.3) is 0 Å². The van der Waals surface area contributed by atoms with Crippen LogP contribution in [0.15, 0.2) is 67.0 Å². The highest BCUT2D eigenvalue weighted by Crippen LogP contribution is 2.51. The van der Waals surface area contributed by atoms with Crippen molar-refractivity contribution in [2.45, 2.75) is 37.2 Å². The Morgan fingerprint density at radius 3 is 2.60 bits per heavy atom. The number of hydrogen-bond donors (Lipinski definition) is 1. The van der Waals surface area contributed by atoms with Crippen LogP contribution >= 0.6 is 11.6 Å². The lowest BCUT2D eigenvalue weighted by Crippen LogP contribution is -2.56. The van der Waals surface area contributed by atoms with Gasteiger partial charge in [-0.15, -0.1) is 0 Å². The van der Waals surface area contributed by atoms with Crippen molar-refractivity contribution in [3.8, 4) is 0 Å². The lowest BCUT2D eigenvalue weighted by Gasteiger charge is -2.53. The van der Waals surface area contributed by atoms with E-state index in [1.165, 1.54) is 11.6 Å². The highest BCUT2D eigenvalue weighted by atomic mass is 35.5. The number of fused-ring (bicyclic) bond motifs is 1. The van der Waals surface area contributed by atoms with E-state index in [2.05, 4.69) is 16.9 Å². The molecule has 5 heteroatoms. The first-order valence-corrected chi connectivity index (χ1v) is 10.8. The molecule has 1 spiro atoms. The third-order valence-corrected chi connectivity index (χ3v) is 7.00. The number of rotatable bonds is 4. The molecule has 2 heterocycles. The summed E-state index contributed by atoms with van der Waals surface area (Å²) >= 11 is 5.98. The second kappa shape index (κ2) is 7.68. The van der Waals surface area contributed by atoms with Gasteiger partial charge < -0.3 is 10.1 Å². The van der Waals surface area contributed by atoms with Crippen LogP contribution in [0.1, 0.15) is 37.2 Å².